The summed E-state index contributed by atoms with van der Waals surface area (Å²) in [6.07, 6.45) is 1.77. The maximum absolute atomic E-state index is 8.48. The van der Waals surface area contributed by atoms with Gasteiger partial charge in [0.2, 0.25) is 0 Å². The van der Waals surface area contributed by atoms with Gasteiger partial charge < -0.3 is 15.3 Å². The molecule has 0 fully saturated rings. The monoisotopic (exact) mass is 206 g/mol. The molecule has 0 amide bonds. The van der Waals surface area contributed by atoms with E-state index in [0.29, 0.717) is 0 Å². The number of hydrogen-bond donors (Lipinski definition) is 0. The fourth-order valence-electron chi connectivity index (χ4n) is 0.176. The molecule has 0 atom stereocenters. The first kappa shape index (κ1) is 17.5. The van der Waals surface area contributed by atoms with Gasteiger partial charge in [0.1, 0.15) is 0 Å². The minimum absolute atomic E-state index is 0. The summed E-state index contributed by atoms with van der Waals surface area (Å²) < 4.78 is 8.48. The normalized spacial score (nSPS) is 6.00. The van der Waals surface area contributed by atoms with Crippen LogP contribution in [0.25, 0.3) is 0 Å². The van der Waals surface area contributed by atoms with Crippen molar-refractivity contribution in [2.24, 2.45) is 0 Å². The number of thiazole rings is 1. The molecule has 0 unspecified atom stereocenters. The van der Waals surface area contributed by atoms with E-state index in [1.54, 1.807) is 23.0 Å². The molecule has 1 heterocycles. The summed E-state index contributed by atoms with van der Waals surface area (Å²) in [5.41, 5.74) is 1.79. The van der Waals surface area contributed by atoms with Crippen molar-refractivity contribution in [3.8, 4) is 0 Å². The van der Waals surface area contributed by atoms with E-state index in [4.69, 9.17) is 14.4 Å². The maximum atomic E-state index is 8.48. The average molecular weight is 206 g/mol. The van der Waals surface area contributed by atoms with Crippen LogP contribution >= 0.6 is 19.6 Å². The Bertz CT molecular complexity index is 139. The predicted molar refractivity (Wildman–Crippen MR) is 39.1 cm³/mol. The summed E-state index contributed by atoms with van der Waals surface area (Å²) in [7, 11) is -3.37. The third-order valence-electron chi connectivity index (χ3n) is 0.347. The maximum Gasteiger partial charge on any atom is 2.00 e. The van der Waals surface area contributed by atoms with Crippen LogP contribution in [-0.2, 0) is 4.57 Å². The van der Waals surface area contributed by atoms with Crippen molar-refractivity contribution in [3.63, 3.8) is 0 Å². The number of hydrogen-bond acceptors (Lipinski definition) is 5. The van der Waals surface area contributed by atoms with E-state index in [2.05, 4.69) is 4.98 Å². The zero-order chi connectivity index (χ0) is 7.11. The molecular weight excluding hydrogens is 201 g/mol. The molecule has 0 saturated heterocycles. The molecule has 1 aromatic rings. The topological polar surface area (TPSA) is 108 Å². The second-order valence-electron chi connectivity index (χ2n) is 0.899. The van der Waals surface area contributed by atoms with E-state index in [0.717, 1.165) is 0 Å². The SMILES string of the molecule is O.O=[P+]([O-])[O-].[Mg+2].c1cscn1. The summed E-state index contributed by atoms with van der Waals surface area (Å²) in [5, 5.41) is 1.93. The molecular formula is C3H5MgNO4PS+. The first-order valence-electron chi connectivity index (χ1n) is 1.87. The van der Waals surface area contributed by atoms with Crippen LogP contribution in [0.1, 0.15) is 0 Å². The van der Waals surface area contributed by atoms with Crippen LogP contribution < -0.4 is 9.79 Å². The van der Waals surface area contributed by atoms with Crippen LogP contribution in [-0.4, -0.2) is 33.5 Å². The standard InChI is InChI=1S/C3H3NS.Mg.HO3P.H2O/c1-2-5-3-4-1;;1-4(2)3;/h1-3H;;(H,1,2,3);1H2/q;+2;;/p-1. The quantitative estimate of drug-likeness (QED) is 0.372. The van der Waals surface area contributed by atoms with E-state index < -0.39 is 8.25 Å². The summed E-state index contributed by atoms with van der Waals surface area (Å²) in [4.78, 5) is 20.7. The molecule has 0 aliphatic rings. The number of nitrogens with zero attached hydrogens (tertiary/aromatic N) is 1. The van der Waals surface area contributed by atoms with Gasteiger partial charge >= 0.3 is 23.1 Å². The molecule has 2 N–H and O–H groups in total. The molecule has 1 aromatic heterocycles. The molecule has 5 nitrogen and oxygen atoms in total. The van der Waals surface area contributed by atoms with Crippen molar-refractivity contribution in [2.75, 3.05) is 0 Å². The largest absolute Gasteiger partial charge is 2.00 e. The summed E-state index contributed by atoms with van der Waals surface area (Å²) in [6.45, 7) is 0. The van der Waals surface area contributed by atoms with Gasteiger partial charge in [-0.05, 0) is 0 Å². The van der Waals surface area contributed by atoms with Crippen LogP contribution in [0.3, 0.4) is 0 Å². The van der Waals surface area contributed by atoms with Gasteiger partial charge in [0.05, 0.1) is 5.51 Å². The van der Waals surface area contributed by atoms with E-state index in [9.17, 15) is 0 Å². The minimum atomic E-state index is -3.37. The number of aromatic nitrogens is 1. The van der Waals surface area contributed by atoms with Crippen molar-refractivity contribution >= 4 is 42.6 Å². The molecule has 1 rings (SSSR count). The zero-order valence-electron chi connectivity index (χ0n) is 5.47. The summed E-state index contributed by atoms with van der Waals surface area (Å²) >= 11 is 1.60. The Hall–Kier alpha value is 0.376. The second kappa shape index (κ2) is 13.0. The van der Waals surface area contributed by atoms with Gasteiger partial charge in [-0.2, -0.15) is 0 Å². The fraction of sp³-hybridized carbons (Fsp3) is 0. The first-order valence-corrected chi connectivity index (χ1v) is 3.91. The van der Waals surface area contributed by atoms with Gasteiger partial charge in [0.25, 0.3) is 8.25 Å². The molecule has 0 bridgehead atoms. The Morgan fingerprint density at radius 3 is 2.00 bits per heavy atom. The van der Waals surface area contributed by atoms with Crippen molar-refractivity contribution in [1.29, 1.82) is 0 Å². The second-order valence-corrected chi connectivity index (χ2v) is 2.10. The Morgan fingerprint density at radius 1 is 1.45 bits per heavy atom. The summed E-state index contributed by atoms with van der Waals surface area (Å²) in [5.74, 6) is 0. The van der Waals surface area contributed by atoms with Gasteiger partial charge in [0, 0.05) is 11.6 Å². The first-order chi connectivity index (χ1) is 4.23. The Morgan fingerprint density at radius 2 is 1.91 bits per heavy atom. The molecule has 0 radical (unpaired) electrons. The molecule has 8 heteroatoms. The Balaban J connectivity index is -0.000000101. The average Bonchev–Trinajstić information content (AvgIpc) is 2.11. The molecule has 0 aromatic carbocycles. The van der Waals surface area contributed by atoms with E-state index in [-0.39, 0.29) is 28.5 Å². The van der Waals surface area contributed by atoms with E-state index >= 15 is 0 Å². The van der Waals surface area contributed by atoms with Crippen molar-refractivity contribution < 1.29 is 19.8 Å². The Kier molecular flexibility index (Phi) is 20.6. The third kappa shape index (κ3) is 25.2. The molecule has 0 saturated carbocycles. The van der Waals surface area contributed by atoms with Crippen LogP contribution in [0.15, 0.2) is 17.1 Å². The van der Waals surface area contributed by atoms with Crippen molar-refractivity contribution in [1.82, 2.24) is 4.98 Å². The molecule has 58 valence electrons. The van der Waals surface area contributed by atoms with Crippen molar-refractivity contribution in [3.05, 3.63) is 17.1 Å². The van der Waals surface area contributed by atoms with Crippen molar-refractivity contribution in [2.45, 2.75) is 0 Å². The van der Waals surface area contributed by atoms with Gasteiger partial charge in [-0.1, -0.05) is 4.57 Å². The van der Waals surface area contributed by atoms with Gasteiger partial charge in [0.15, 0.2) is 0 Å². The van der Waals surface area contributed by atoms with E-state index in [1.807, 2.05) is 5.38 Å². The fourth-order valence-corrected chi connectivity index (χ4v) is 0.527. The van der Waals surface area contributed by atoms with E-state index in [1.165, 1.54) is 0 Å². The zero-order valence-corrected chi connectivity index (χ0v) is 8.59. The molecule has 0 aliphatic heterocycles. The summed E-state index contributed by atoms with van der Waals surface area (Å²) in [6, 6.07) is 0. The number of rotatable bonds is 0. The predicted octanol–water partition coefficient (Wildman–Crippen LogP) is -1.70. The van der Waals surface area contributed by atoms with Gasteiger partial charge in [-0.3, -0.25) is 4.98 Å². The van der Waals surface area contributed by atoms with Crippen LogP contribution in [0.2, 0.25) is 0 Å². The van der Waals surface area contributed by atoms with Crippen LogP contribution in [0, 0.1) is 0 Å². The molecule has 0 spiro atoms. The molecule has 11 heavy (non-hydrogen) atoms. The van der Waals surface area contributed by atoms with Gasteiger partial charge in [-0.25, -0.2) is 0 Å². The Labute approximate surface area is 84.5 Å². The van der Waals surface area contributed by atoms with Crippen LogP contribution in [0.4, 0.5) is 0 Å². The third-order valence-corrected chi connectivity index (χ3v) is 0.869. The van der Waals surface area contributed by atoms with Crippen LogP contribution in [0.5, 0.6) is 0 Å². The molecule has 0 aliphatic carbocycles. The minimum Gasteiger partial charge on any atom is -0.598 e. The smallest absolute Gasteiger partial charge is 0.598 e. The van der Waals surface area contributed by atoms with Gasteiger partial charge in [-0.15, -0.1) is 11.3 Å².